The Labute approximate surface area is 125 Å². The van der Waals surface area contributed by atoms with Gasteiger partial charge in [0.1, 0.15) is 15.6 Å². The average molecular weight is 336 g/mol. The molecule has 120 valence electrons. The van der Waals surface area contributed by atoms with E-state index in [0.29, 0.717) is 25.1 Å². The van der Waals surface area contributed by atoms with Crippen molar-refractivity contribution >= 4 is 19.9 Å². The van der Waals surface area contributed by atoms with Gasteiger partial charge in [0.2, 0.25) is 5.09 Å². The predicted octanol–water partition coefficient (Wildman–Crippen LogP) is 0.245. The molecule has 0 unspecified atom stereocenters. The molecule has 1 saturated heterocycles. The number of sulfonamides is 1. The van der Waals surface area contributed by atoms with E-state index >= 15 is 0 Å². The van der Waals surface area contributed by atoms with E-state index in [9.17, 15) is 16.8 Å². The molecule has 0 spiro atoms. The Kier molecular flexibility index (Phi) is 5.07. The third kappa shape index (κ3) is 4.53. The Morgan fingerprint density at radius 3 is 2.57 bits per heavy atom. The molecule has 2 rings (SSSR count). The van der Waals surface area contributed by atoms with Crippen molar-refractivity contribution in [1.29, 1.82) is 0 Å². The molecule has 21 heavy (non-hydrogen) atoms. The zero-order valence-corrected chi connectivity index (χ0v) is 13.5. The highest BCUT2D eigenvalue weighted by Gasteiger charge is 2.28. The highest BCUT2D eigenvalue weighted by Crippen LogP contribution is 2.18. The van der Waals surface area contributed by atoms with Crippen molar-refractivity contribution in [2.24, 2.45) is 0 Å². The Morgan fingerprint density at radius 2 is 1.95 bits per heavy atom. The van der Waals surface area contributed by atoms with Gasteiger partial charge in [0.25, 0.3) is 10.0 Å². The van der Waals surface area contributed by atoms with Crippen LogP contribution in [0.4, 0.5) is 0 Å². The molecule has 0 bridgehead atoms. The summed E-state index contributed by atoms with van der Waals surface area (Å²) in [7, 11) is -6.75. The van der Waals surface area contributed by atoms with E-state index in [1.165, 1.54) is 6.07 Å². The fourth-order valence-corrected chi connectivity index (χ4v) is 4.88. The molecule has 1 aliphatic rings. The quantitative estimate of drug-likeness (QED) is 0.771. The van der Waals surface area contributed by atoms with E-state index in [1.54, 1.807) is 6.07 Å². The highest BCUT2D eigenvalue weighted by atomic mass is 32.2. The monoisotopic (exact) mass is 336 g/mol. The van der Waals surface area contributed by atoms with Gasteiger partial charge in [-0.25, -0.2) is 21.6 Å². The molecule has 0 amide bonds. The molecule has 0 radical (unpaired) electrons. The molecule has 2 N–H and O–H groups in total. The van der Waals surface area contributed by atoms with Gasteiger partial charge in [0.15, 0.2) is 0 Å². The molecule has 1 aromatic heterocycles. The summed E-state index contributed by atoms with van der Waals surface area (Å²) in [6, 6.07) is 2.66. The number of hydrogen-bond donors (Lipinski definition) is 2. The van der Waals surface area contributed by atoms with Gasteiger partial charge in [0.05, 0.1) is 18.1 Å². The smallest absolute Gasteiger partial charge is 0.274 e. The molecular weight excluding hydrogens is 316 g/mol. The lowest BCUT2D eigenvalue weighted by Gasteiger charge is -2.22. The minimum Gasteiger partial charge on any atom is -0.447 e. The van der Waals surface area contributed by atoms with Crippen molar-refractivity contribution < 1.29 is 21.3 Å². The molecule has 0 atom stereocenters. The largest absolute Gasteiger partial charge is 0.447 e. The van der Waals surface area contributed by atoms with E-state index in [0.717, 1.165) is 6.54 Å². The summed E-state index contributed by atoms with van der Waals surface area (Å²) in [5.74, 6) is 0.581. The van der Waals surface area contributed by atoms with Crippen LogP contribution in [0.3, 0.4) is 0 Å². The summed E-state index contributed by atoms with van der Waals surface area (Å²) >= 11 is 0. The maximum absolute atomic E-state index is 12.2. The average Bonchev–Trinajstić information content (AvgIpc) is 2.88. The molecule has 2 heterocycles. The number of furan rings is 1. The second kappa shape index (κ2) is 6.47. The van der Waals surface area contributed by atoms with Gasteiger partial charge in [-0.2, -0.15) is 0 Å². The summed E-state index contributed by atoms with van der Waals surface area (Å²) in [5.41, 5.74) is 0. The normalized spacial score (nSPS) is 19.7. The molecule has 9 heteroatoms. The van der Waals surface area contributed by atoms with Crippen LogP contribution in [0.1, 0.15) is 25.5 Å². The molecule has 7 nitrogen and oxygen atoms in total. The van der Waals surface area contributed by atoms with Crippen LogP contribution in [0.25, 0.3) is 0 Å². The van der Waals surface area contributed by atoms with Gasteiger partial charge in [-0.1, -0.05) is 6.92 Å². The molecule has 0 saturated carbocycles. The van der Waals surface area contributed by atoms with Gasteiger partial charge in [-0.3, -0.25) is 0 Å². The van der Waals surface area contributed by atoms with E-state index in [-0.39, 0.29) is 22.6 Å². The van der Waals surface area contributed by atoms with Crippen LogP contribution < -0.4 is 10.0 Å². The maximum Gasteiger partial charge on any atom is 0.274 e. The van der Waals surface area contributed by atoms with E-state index in [1.807, 2.05) is 6.92 Å². The minimum absolute atomic E-state index is 0.0179. The van der Waals surface area contributed by atoms with Crippen LogP contribution in [-0.4, -0.2) is 40.9 Å². The maximum atomic E-state index is 12.2. The van der Waals surface area contributed by atoms with Crippen molar-refractivity contribution in [1.82, 2.24) is 10.0 Å². The topological polar surface area (TPSA) is 105 Å². The summed E-state index contributed by atoms with van der Waals surface area (Å²) < 4.78 is 54.8. The van der Waals surface area contributed by atoms with Crippen molar-refractivity contribution in [3.8, 4) is 0 Å². The first kappa shape index (κ1) is 16.5. The van der Waals surface area contributed by atoms with Gasteiger partial charge in [-0.15, -0.1) is 0 Å². The third-order valence-corrected chi connectivity index (χ3v) is 6.44. The third-order valence-electron chi connectivity index (χ3n) is 3.33. The summed E-state index contributed by atoms with van der Waals surface area (Å²) in [5, 5.41) is 2.91. The van der Waals surface area contributed by atoms with Crippen LogP contribution in [0, 0.1) is 0 Å². The minimum atomic E-state index is -3.74. The highest BCUT2D eigenvalue weighted by molar-refractivity contribution is 7.91. The van der Waals surface area contributed by atoms with Crippen molar-refractivity contribution in [3.63, 3.8) is 0 Å². The van der Waals surface area contributed by atoms with Gasteiger partial charge < -0.3 is 9.73 Å². The number of rotatable bonds is 6. The lowest BCUT2D eigenvalue weighted by molar-refractivity contribution is 0.397. The Balaban J connectivity index is 2.00. The molecule has 1 fully saturated rings. The Hall–Kier alpha value is -0.900. The standard InChI is InChI=1S/C12H20N2O5S2/c1-2-13-9-11-3-4-12(19-11)21(17,18)14-10-5-7-20(15,16)8-6-10/h3-4,10,13-14H,2,5-9H2,1H3. The fourth-order valence-electron chi connectivity index (χ4n) is 2.13. The number of nitrogens with one attached hydrogen (secondary N) is 2. The van der Waals surface area contributed by atoms with E-state index < -0.39 is 19.9 Å². The lowest BCUT2D eigenvalue weighted by Crippen LogP contribution is -2.40. The second-order valence-corrected chi connectivity index (χ2v) is 9.00. The molecule has 1 aromatic rings. The number of sulfone groups is 1. The summed E-state index contributed by atoms with van der Waals surface area (Å²) in [6.07, 6.45) is 0.596. The summed E-state index contributed by atoms with van der Waals surface area (Å²) in [6.45, 7) is 3.17. The van der Waals surface area contributed by atoms with Crippen LogP contribution >= 0.6 is 0 Å². The van der Waals surface area contributed by atoms with Crippen molar-refractivity contribution in [3.05, 3.63) is 17.9 Å². The van der Waals surface area contributed by atoms with E-state index in [4.69, 9.17) is 4.42 Å². The number of hydrogen-bond acceptors (Lipinski definition) is 6. The van der Waals surface area contributed by atoms with Crippen LogP contribution in [0.5, 0.6) is 0 Å². The van der Waals surface area contributed by atoms with Crippen molar-refractivity contribution in [2.45, 2.75) is 37.4 Å². The van der Waals surface area contributed by atoms with Crippen LogP contribution in [0.15, 0.2) is 21.6 Å². The fraction of sp³-hybridized carbons (Fsp3) is 0.667. The first-order valence-corrected chi connectivity index (χ1v) is 10.1. The van der Waals surface area contributed by atoms with Crippen LogP contribution in [-0.2, 0) is 26.4 Å². The molecular formula is C12H20N2O5S2. The zero-order chi connectivity index (χ0) is 15.5. The van der Waals surface area contributed by atoms with Gasteiger partial charge >= 0.3 is 0 Å². The van der Waals surface area contributed by atoms with Crippen molar-refractivity contribution in [2.75, 3.05) is 18.1 Å². The molecule has 0 aliphatic carbocycles. The van der Waals surface area contributed by atoms with E-state index in [2.05, 4.69) is 10.0 Å². The second-order valence-electron chi connectivity index (χ2n) is 5.05. The first-order chi connectivity index (χ1) is 9.82. The Morgan fingerprint density at radius 1 is 1.29 bits per heavy atom. The molecule has 1 aliphatic heterocycles. The van der Waals surface area contributed by atoms with Crippen LogP contribution in [0.2, 0.25) is 0 Å². The summed E-state index contributed by atoms with van der Waals surface area (Å²) in [4.78, 5) is 0. The predicted molar refractivity (Wildman–Crippen MR) is 78.1 cm³/mol. The lowest BCUT2D eigenvalue weighted by atomic mass is 10.2. The van der Waals surface area contributed by atoms with Gasteiger partial charge in [-0.05, 0) is 31.5 Å². The zero-order valence-electron chi connectivity index (χ0n) is 11.8. The first-order valence-electron chi connectivity index (χ1n) is 6.84. The Bertz CT molecular complexity index is 664. The van der Waals surface area contributed by atoms with Gasteiger partial charge in [0, 0.05) is 6.04 Å². The molecule has 0 aromatic carbocycles. The SMILES string of the molecule is CCNCc1ccc(S(=O)(=O)NC2CCS(=O)(=O)CC2)o1.